The Morgan fingerprint density at radius 1 is 1.41 bits per heavy atom. The van der Waals surface area contributed by atoms with Crippen LogP contribution in [-0.2, 0) is 4.79 Å². The van der Waals surface area contributed by atoms with Crippen molar-refractivity contribution in [3.63, 3.8) is 0 Å². The maximum atomic E-state index is 11.9. The zero-order valence-electron chi connectivity index (χ0n) is 11.2. The lowest BCUT2D eigenvalue weighted by atomic mass is 9.93. The van der Waals surface area contributed by atoms with E-state index in [4.69, 9.17) is 0 Å². The standard InChI is InChI=1S/C13H26N2OS/c1-15(10-3-11-17-2)13(16)5-4-12-6-8-14-9-7-12/h12,14H,3-11H2,1-2H3. The van der Waals surface area contributed by atoms with Crippen molar-refractivity contribution in [1.29, 1.82) is 0 Å². The van der Waals surface area contributed by atoms with Crippen LogP contribution in [0.4, 0.5) is 0 Å². The Morgan fingerprint density at radius 3 is 2.76 bits per heavy atom. The highest BCUT2D eigenvalue weighted by molar-refractivity contribution is 7.98. The minimum atomic E-state index is 0.324. The van der Waals surface area contributed by atoms with Crippen LogP contribution >= 0.6 is 11.8 Å². The van der Waals surface area contributed by atoms with E-state index in [1.807, 2.05) is 23.7 Å². The average molecular weight is 258 g/mol. The summed E-state index contributed by atoms with van der Waals surface area (Å²) in [6.07, 6.45) is 7.51. The van der Waals surface area contributed by atoms with E-state index in [1.165, 1.54) is 12.8 Å². The Bertz CT molecular complexity index is 217. The molecule has 1 heterocycles. The molecule has 3 nitrogen and oxygen atoms in total. The monoisotopic (exact) mass is 258 g/mol. The lowest BCUT2D eigenvalue weighted by Crippen LogP contribution is -2.31. The molecule has 0 atom stereocenters. The van der Waals surface area contributed by atoms with Crippen molar-refractivity contribution in [2.24, 2.45) is 5.92 Å². The van der Waals surface area contributed by atoms with Gasteiger partial charge in [-0.1, -0.05) is 0 Å². The van der Waals surface area contributed by atoms with E-state index in [1.54, 1.807) is 0 Å². The lowest BCUT2D eigenvalue weighted by Gasteiger charge is -2.23. The maximum absolute atomic E-state index is 11.9. The predicted octanol–water partition coefficient (Wildman–Crippen LogP) is 1.98. The van der Waals surface area contributed by atoms with Gasteiger partial charge in [0.15, 0.2) is 0 Å². The van der Waals surface area contributed by atoms with Gasteiger partial charge in [0.1, 0.15) is 0 Å². The predicted molar refractivity (Wildman–Crippen MR) is 75.5 cm³/mol. The van der Waals surface area contributed by atoms with Crippen molar-refractivity contribution in [2.45, 2.75) is 32.1 Å². The molecule has 0 spiro atoms. The molecule has 0 aliphatic carbocycles. The molecule has 0 unspecified atom stereocenters. The Hall–Kier alpha value is -0.220. The van der Waals surface area contributed by atoms with E-state index in [2.05, 4.69) is 11.6 Å². The third-order valence-electron chi connectivity index (χ3n) is 3.49. The molecule has 0 saturated carbocycles. The summed E-state index contributed by atoms with van der Waals surface area (Å²) in [5.41, 5.74) is 0. The van der Waals surface area contributed by atoms with Gasteiger partial charge in [-0.3, -0.25) is 4.79 Å². The maximum Gasteiger partial charge on any atom is 0.222 e. The molecule has 1 amide bonds. The van der Waals surface area contributed by atoms with Crippen LogP contribution in [0.1, 0.15) is 32.1 Å². The quantitative estimate of drug-likeness (QED) is 0.709. The first-order chi connectivity index (χ1) is 8.24. The molecule has 1 aliphatic rings. The normalized spacial score (nSPS) is 17.1. The molecule has 0 aromatic carbocycles. The van der Waals surface area contributed by atoms with E-state index >= 15 is 0 Å². The van der Waals surface area contributed by atoms with Crippen LogP contribution in [0.25, 0.3) is 0 Å². The first kappa shape index (κ1) is 14.8. The number of rotatable bonds is 7. The molecule has 0 bridgehead atoms. The molecule has 1 saturated heterocycles. The van der Waals surface area contributed by atoms with Gasteiger partial charge in [0, 0.05) is 20.0 Å². The number of amides is 1. The van der Waals surface area contributed by atoms with Gasteiger partial charge in [-0.05, 0) is 56.7 Å². The fourth-order valence-electron chi connectivity index (χ4n) is 2.26. The van der Waals surface area contributed by atoms with E-state index in [0.29, 0.717) is 5.91 Å². The average Bonchev–Trinajstić information content (AvgIpc) is 2.37. The van der Waals surface area contributed by atoms with Crippen LogP contribution in [0.3, 0.4) is 0 Å². The number of hydrogen-bond donors (Lipinski definition) is 1. The number of piperidine rings is 1. The van der Waals surface area contributed by atoms with Crippen LogP contribution in [0, 0.1) is 5.92 Å². The van der Waals surface area contributed by atoms with Gasteiger partial charge < -0.3 is 10.2 Å². The molecule has 1 aliphatic heterocycles. The fourth-order valence-corrected chi connectivity index (χ4v) is 2.68. The van der Waals surface area contributed by atoms with Crippen LogP contribution in [0.2, 0.25) is 0 Å². The minimum absolute atomic E-state index is 0.324. The lowest BCUT2D eigenvalue weighted by molar-refractivity contribution is -0.130. The molecule has 0 aromatic rings. The number of nitrogens with zero attached hydrogens (tertiary/aromatic N) is 1. The smallest absolute Gasteiger partial charge is 0.222 e. The first-order valence-corrected chi connectivity index (χ1v) is 8.07. The van der Waals surface area contributed by atoms with Crippen LogP contribution in [0.5, 0.6) is 0 Å². The summed E-state index contributed by atoms with van der Waals surface area (Å²) in [5.74, 6) is 2.23. The molecule has 4 heteroatoms. The number of thioether (sulfide) groups is 1. The third-order valence-corrected chi connectivity index (χ3v) is 4.19. The van der Waals surface area contributed by atoms with Gasteiger partial charge in [0.25, 0.3) is 0 Å². The molecule has 1 N–H and O–H groups in total. The second-order valence-electron chi connectivity index (χ2n) is 4.89. The van der Waals surface area contributed by atoms with Crippen LogP contribution in [-0.4, -0.2) is 49.5 Å². The summed E-state index contributed by atoms with van der Waals surface area (Å²) < 4.78 is 0. The summed E-state index contributed by atoms with van der Waals surface area (Å²) in [6.45, 7) is 3.16. The van der Waals surface area contributed by atoms with E-state index in [9.17, 15) is 4.79 Å². The second-order valence-corrected chi connectivity index (χ2v) is 5.88. The topological polar surface area (TPSA) is 32.3 Å². The Balaban J connectivity index is 2.10. The largest absolute Gasteiger partial charge is 0.346 e. The highest BCUT2D eigenvalue weighted by atomic mass is 32.2. The van der Waals surface area contributed by atoms with Crippen molar-refractivity contribution >= 4 is 17.7 Å². The van der Waals surface area contributed by atoms with Gasteiger partial charge in [0.05, 0.1) is 0 Å². The number of carbonyl (C=O) groups is 1. The second kappa shape index (κ2) is 8.81. The summed E-state index contributed by atoms with van der Waals surface area (Å²) in [4.78, 5) is 13.8. The van der Waals surface area contributed by atoms with Gasteiger partial charge in [-0.2, -0.15) is 11.8 Å². The summed E-state index contributed by atoms with van der Waals surface area (Å²) in [6, 6.07) is 0. The number of nitrogens with one attached hydrogen (secondary N) is 1. The summed E-state index contributed by atoms with van der Waals surface area (Å²) in [5, 5.41) is 3.36. The zero-order valence-corrected chi connectivity index (χ0v) is 12.0. The van der Waals surface area contributed by atoms with Crippen molar-refractivity contribution < 1.29 is 4.79 Å². The van der Waals surface area contributed by atoms with Crippen molar-refractivity contribution in [2.75, 3.05) is 38.7 Å². The fraction of sp³-hybridized carbons (Fsp3) is 0.923. The Labute approximate surface area is 110 Å². The SMILES string of the molecule is CSCCCN(C)C(=O)CCC1CCNCC1. The highest BCUT2D eigenvalue weighted by Gasteiger charge is 2.15. The summed E-state index contributed by atoms with van der Waals surface area (Å²) >= 11 is 1.85. The number of carbonyl (C=O) groups excluding carboxylic acids is 1. The molecule has 0 aromatic heterocycles. The van der Waals surface area contributed by atoms with Crippen LogP contribution in [0.15, 0.2) is 0 Å². The molecular weight excluding hydrogens is 232 g/mol. The van der Waals surface area contributed by atoms with Gasteiger partial charge in [-0.15, -0.1) is 0 Å². The molecule has 0 radical (unpaired) electrons. The van der Waals surface area contributed by atoms with E-state index in [-0.39, 0.29) is 0 Å². The van der Waals surface area contributed by atoms with Crippen molar-refractivity contribution in [3.05, 3.63) is 0 Å². The van der Waals surface area contributed by atoms with E-state index in [0.717, 1.165) is 50.6 Å². The molecule has 17 heavy (non-hydrogen) atoms. The van der Waals surface area contributed by atoms with Gasteiger partial charge >= 0.3 is 0 Å². The highest BCUT2D eigenvalue weighted by Crippen LogP contribution is 2.18. The first-order valence-electron chi connectivity index (χ1n) is 6.67. The zero-order chi connectivity index (χ0) is 12.5. The molecule has 1 rings (SSSR count). The van der Waals surface area contributed by atoms with E-state index < -0.39 is 0 Å². The van der Waals surface area contributed by atoms with Crippen molar-refractivity contribution in [1.82, 2.24) is 10.2 Å². The molecule has 100 valence electrons. The molecule has 1 fully saturated rings. The number of hydrogen-bond acceptors (Lipinski definition) is 3. The van der Waals surface area contributed by atoms with Crippen molar-refractivity contribution in [3.8, 4) is 0 Å². The van der Waals surface area contributed by atoms with Crippen LogP contribution < -0.4 is 5.32 Å². The Kier molecular flexibility index (Phi) is 7.69. The van der Waals surface area contributed by atoms with Gasteiger partial charge in [0.2, 0.25) is 5.91 Å². The Morgan fingerprint density at radius 2 is 2.12 bits per heavy atom. The molecular formula is C13H26N2OS. The van der Waals surface area contributed by atoms with Gasteiger partial charge in [-0.25, -0.2) is 0 Å². The third kappa shape index (κ3) is 6.32. The summed E-state index contributed by atoms with van der Waals surface area (Å²) in [7, 11) is 1.94. The minimum Gasteiger partial charge on any atom is -0.346 e.